The van der Waals surface area contributed by atoms with Gasteiger partial charge in [0, 0.05) is 11.8 Å². The number of rotatable bonds is 3. The van der Waals surface area contributed by atoms with E-state index in [1.165, 1.54) is 24.2 Å². The zero-order valence-corrected chi connectivity index (χ0v) is 12.1. The van der Waals surface area contributed by atoms with Crippen molar-refractivity contribution in [2.75, 3.05) is 5.73 Å². The zero-order valence-electron chi connectivity index (χ0n) is 12.1. The summed E-state index contributed by atoms with van der Waals surface area (Å²) >= 11 is 0. The van der Waals surface area contributed by atoms with Crippen LogP contribution < -0.4 is 10.5 Å². The highest BCUT2D eigenvalue weighted by atomic mass is 16.5. The summed E-state index contributed by atoms with van der Waals surface area (Å²) in [5.74, 6) is 0.746. The van der Waals surface area contributed by atoms with Gasteiger partial charge in [-0.15, -0.1) is 0 Å². The average molecular weight is 271 g/mol. The lowest BCUT2D eigenvalue weighted by Crippen LogP contribution is -2.09. The maximum absolute atomic E-state index is 5.98. The molecule has 0 saturated carbocycles. The molecule has 0 bridgehead atoms. The lowest BCUT2D eigenvalue weighted by molar-refractivity contribution is 0.244. The van der Waals surface area contributed by atoms with Crippen LogP contribution in [0.15, 0.2) is 24.5 Å². The molecule has 2 aromatic rings. The predicted octanol–water partition coefficient (Wildman–Crippen LogP) is 3.12. The second kappa shape index (κ2) is 5.19. The summed E-state index contributed by atoms with van der Waals surface area (Å²) in [5, 5.41) is 0. The number of ether oxygens (including phenoxy) is 1. The van der Waals surface area contributed by atoms with Gasteiger partial charge in [0.1, 0.15) is 5.75 Å². The molecule has 0 fully saturated rings. The van der Waals surface area contributed by atoms with Gasteiger partial charge in [-0.2, -0.15) is 0 Å². The molecule has 4 heteroatoms. The number of aromatic nitrogens is 2. The van der Waals surface area contributed by atoms with Crippen LogP contribution in [-0.4, -0.2) is 15.7 Å². The van der Waals surface area contributed by atoms with Gasteiger partial charge in [-0.25, -0.2) is 4.98 Å². The van der Waals surface area contributed by atoms with E-state index in [2.05, 4.69) is 9.55 Å². The number of fused-ring (bicyclic) bond motifs is 1. The summed E-state index contributed by atoms with van der Waals surface area (Å²) in [7, 11) is 0. The molecule has 3 rings (SSSR count). The monoisotopic (exact) mass is 271 g/mol. The third-order valence-corrected chi connectivity index (χ3v) is 3.67. The molecule has 1 heterocycles. The van der Waals surface area contributed by atoms with Crippen molar-refractivity contribution in [2.24, 2.45) is 0 Å². The first-order chi connectivity index (χ1) is 9.65. The van der Waals surface area contributed by atoms with Crippen molar-refractivity contribution in [1.29, 1.82) is 0 Å². The molecule has 0 aliphatic heterocycles. The number of benzene rings is 1. The van der Waals surface area contributed by atoms with Gasteiger partial charge in [0.15, 0.2) is 0 Å². The van der Waals surface area contributed by atoms with Crippen molar-refractivity contribution in [1.82, 2.24) is 9.55 Å². The van der Waals surface area contributed by atoms with Crippen molar-refractivity contribution in [2.45, 2.75) is 45.6 Å². The number of nitrogens with zero attached hydrogens (tertiary/aromatic N) is 2. The van der Waals surface area contributed by atoms with E-state index in [1.807, 2.05) is 38.4 Å². The minimum absolute atomic E-state index is 0.115. The van der Waals surface area contributed by atoms with Crippen LogP contribution in [0.4, 0.5) is 5.69 Å². The Hall–Kier alpha value is -1.97. The standard InChI is InChI=1S/C16H21N3O/c1-11(2)20-16-9-12(7-8-13(16)17)19-10-18-14-5-3-4-6-15(14)19/h7-11H,3-6,17H2,1-2H3. The van der Waals surface area contributed by atoms with Crippen LogP contribution in [0.3, 0.4) is 0 Å². The quantitative estimate of drug-likeness (QED) is 0.873. The fourth-order valence-electron chi connectivity index (χ4n) is 2.72. The van der Waals surface area contributed by atoms with E-state index < -0.39 is 0 Å². The Labute approximate surface area is 119 Å². The first-order valence-corrected chi connectivity index (χ1v) is 7.27. The van der Waals surface area contributed by atoms with Gasteiger partial charge < -0.3 is 15.0 Å². The largest absolute Gasteiger partial charge is 0.489 e. The second-order valence-corrected chi connectivity index (χ2v) is 5.60. The van der Waals surface area contributed by atoms with E-state index in [0.717, 1.165) is 24.3 Å². The Balaban J connectivity index is 2.00. The third kappa shape index (κ3) is 2.38. The summed E-state index contributed by atoms with van der Waals surface area (Å²) in [4.78, 5) is 4.54. The Morgan fingerprint density at radius 2 is 2.05 bits per heavy atom. The first-order valence-electron chi connectivity index (χ1n) is 7.27. The molecule has 0 amide bonds. The molecule has 2 N–H and O–H groups in total. The van der Waals surface area contributed by atoms with Gasteiger partial charge in [0.2, 0.25) is 0 Å². The second-order valence-electron chi connectivity index (χ2n) is 5.60. The maximum atomic E-state index is 5.98. The molecule has 0 saturated heterocycles. The number of hydrogen-bond acceptors (Lipinski definition) is 3. The van der Waals surface area contributed by atoms with Crippen LogP contribution in [0, 0.1) is 0 Å². The van der Waals surface area contributed by atoms with Gasteiger partial charge in [0.25, 0.3) is 0 Å². The van der Waals surface area contributed by atoms with Gasteiger partial charge >= 0.3 is 0 Å². The lowest BCUT2D eigenvalue weighted by atomic mass is 10.0. The molecule has 0 atom stereocenters. The highest BCUT2D eigenvalue weighted by Crippen LogP contribution is 2.28. The molecule has 1 aromatic heterocycles. The molecule has 0 radical (unpaired) electrons. The van der Waals surface area contributed by atoms with Crippen molar-refractivity contribution in [3.63, 3.8) is 0 Å². The molecule has 0 spiro atoms. The maximum Gasteiger partial charge on any atom is 0.144 e. The van der Waals surface area contributed by atoms with E-state index in [9.17, 15) is 0 Å². The molecule has 1 aliphatic rings. The molecule has 1 aromatic carbocycles. The molecule has 20 heavy (non-hydrogen) atoms. The van der Waals surface area contributed by atoms with E-state index >= 15 is 0 Å². The normalized spacial score (nSPS) is 14.3. The van der Waals surface area contributed by atoms with Crippen molar-refractivity contribution >= 4 is 5.69 Å². The Morgan fingerprint density at radius 1 is 1.25 bits per heavy atom. The molecule has 4 nitrogen and oxygen atoms in total. The van der Waals surface area contributed by atoms with Crippen LogP contribution in [0.2, 0.25) is 0 Å². The average Bonchev–Trinajstić information content (AvgIpc) is 2.85. The number of nitrogen functional groups attached to an aromatic ring is 1. The Morgan fingerprint density at radius 3 is 2.85 bits per heavy atom. The van der Waals surface area contributed by atoms with Crippen molar-refractivity contribution < 1.29 is 4.74 Å². The van der Waals surface area contributed by atoms with Crippen LogP contribution in [0.25, 0.3) is 5.69 Å². The molecular formula is C16H21N3O. The van der Waals surface area contributed by atoms with Gasteiger partial charge in [-0.1, -0.05) is 0 Å². The van der Waals surface area contributed by atoms with Gasteiger partial charge in [-0.3, -0.25) is 0 Å². The van der Waals surface area contributed by atoms with E-state index in [4.69, 9.17) is 10.5 Å². The number of imidazole rings is 1. The number of anilines is 1. The van der Waals surface area contributed by atoms with E-state index in [-0.39, 0.29) is 6.10 Å². The van der Waals surface area contributed by atoms with E-state index in [0.29, 0.717) is 5.69 Å². The van der Waals surface area contributed by atoms with Crippen LogP contribution in [0.5, 0.6) is 5.75 Å². The summed E-state index contributed by atoms with van der Waals surface area (Å²) in [6.45, 7) is 4.01. The minimum atomic E-state index is 0.115. The number of nitrogens with two attached hydrogens (primary N) is 1. The van der Waals surface area contributed by atoms with Crippen LogP contribution in [-0.2, 0) is 12.8 Å². The number of hydrogen-bond donors (Lipinski definition) is 1. The summed E-state index contributed by atoms with van der Waals surface area (Å²) in [6.07, 6.45) is 6.70. The van der Waals surface area contributed by atoms with Gasteiger partial charge in [-0.05, 0) is 51.7 Å². The summed E-state index contributed by atoms with van der Waals surface area (Å²) in [5.41, 5.74) is 10.3. The molecule has 0 unspecified atom stereocenters. The SMILES string of the molecule is CC(C)Oc1cc(-n2cnc3c2CCCC3)ccc1N. The van der Waals surface area contributed by atoms with Crippen molar-refractivity contribution in [3.05, 3.63) is 35.9 Å². The summed E-state index contributed by atoms with van der Waals surface area (Å²) < 4.78 is 7.94. The summed E-state index contributed by atoms with van der Waals surface area (Å²) in [6, 6.07) is 5.94. The fraction of sp³-hybridized carbons (Fsp3) is 0.438. The molecule has 106 valence electrons. The van der Waals surface area contributed by atoms with Gasteiger partial charge in [0.05, 0.1) is 29.5 Å². The fourth-order valence-corrected chi connectivity index (χ4v) is 2.72. The topological polar surface area (TPSA) is 53.1 Å². The predicted molar refractivity (Wildman–Crippen MR) is 80.4 cm³/mol. The minimum Gasteiger partial charge on any atom is -0.489 e. The van der Waals surface area contributed by atoms with Crippen LogP contribution in [0.1, 0.15) is 38.1 Å². The highest BCUT2D eigenvalue weighted by Gasteiger charge is 2.16. The Bertz CT molecular complexity index is 616. The number of aryl methyl sites for hydroxylation is 1. The Kier molecular flexibility index (Phi) is 3.38. The first kappa shape index (κ1) is 13.0. The third-order valence-electron chi connectivity index (χ3n) is 3.67. The zero-order chi connectivity index (χ0) is 14.1. The lowest BCUT2D eigenvalue weighted by Gasteiger charge is -2.16. The van der Waals surface area contributed by atoms with Crippen molar-refractivity contribution in [3.8, 4) is 11.4 Å². The smallest absolute Gasteiger partial charge is 0.144 e. The van der Waals surface area contributed by atoms with E-state index in [1.54, 1.807) is 0 Å². The molecule has 1 aliphatic carbocycles. The molecular weight excluding hydrogens is 250 g/mol. The highest BCUT2D eigenvalue weighted by molar-refractivity contribution is 5.58. The van der Waals surface area contributed by atoms with Crippen LogP contribution >= 0.6 is 0 Å².